The summed E-state index contributed by atoms with van der Waals surface area (Å²) >= 11 is 1.40. The molecule has 1 heterocycles. The van der Waals surface area contributed by atoms with Gasteiger partial charge in [0.15, 0.2) is 0 Å². The number of hydrogen-bond donors (Lipinski definition) is 2. The average molecular weight is 439 g/mol. The van der Waals surface area contributed by atoms with E-state index in [-0.39, 0.29) is 5.75 Å². The summed E-state index contributed by atoms with van der Waals surface area (Å²) in [6.07, 6.45) is -2.94. The van der Waals surface area contributed by atoms with E-state index in [4.69, 9.17) is 0 Å². The second-order valence-electron chi connectivity index (χ2n) is 6.62. The molecule has 4 nitrogen and oxygen atoms in total. The maximum Gasteiger partial charge on any atom is 0.416 e. The van der Waals surface area contributed by atoms with Crippen molar-refractivity contribution in [1.82, 2.24) is 4.98 Å². The van der Waals surface area contributed by atoms with Crippen LogP contribution < -0.4 is 5.43 Å². The number of anilines is 1. The molecule has 8 heteroatoms. The molecule has 1 aromatic heterocycles. The van der Waals surface area contributed by atoms with Gasteiger partial charge in [0, 0.05) is 16.5 Å². The molecule has 0 aliphatic heterocycles. The molecule has 2 N–H and O–H groups in total. The highest BCUT2D eigenvalue weighted by atomic mass is 32.1. The Morgan fingerprint density at radius 2 is 1.61 bits per heavy atom. The van der Waals surface area contributed by atoms with E-state index in [9.17, 15) is 18.3 Å². The van der Waals surface area contributed by atoms with Crippen molar-refractivity contribution in [2.75, 3.05) is 5.43 Å². The second-order valence-corrected chi connectivity index (χ2v) is 7.48. The Hall–Kier alpha value is -3.65. The van der Waals surface area contributed by atoms with Gasteiger partial charge >= 0.3 is 6.18 Å². The molecule has 0 aliphatic carbocycles. The molecule has 0 saturated heterocycles. The largest absolute Gasteiger partial charge is 0.507 e. The molecule has 31 heavy (non-hydrogen) atoms. The number of thiazole rings is 1. The number of halogens is 3. The summed E-state index contributed by atoms with van der Waals surface area (Å²) < 4.78 is 38.3. The first-order valence-corrected chi connectivity index (χ1v) is 10.1. The van der Waals surface area contributed by atoms with Crippen molar-refractivity contribution in [2.24, 2.45) is 5.10 Å². The molecule has 0 amide bonds. The van der Waals surface area contributed by atoms with Gasteiger partial charge in [-0.25, -0.2) is 4.98 Å². The van der Waals surface area contributed by atoms with Crippen LogP contribution in [0.1, 0.15) is 11.1 Å². The molecule has 0 unspecified atom stereocenters. The van der Waals surface area contributed by atoms with Crippen LogP contribution in [-0.2, 0) is 6.18 Å². The molecule has 156 valence electrons. The zero-order chi connectivity index (χ0) is 21.8. The SMILES string of the molecule is Oc1ccc(-c2ccc(C(F)(F)F)cc2)cc1C=NNc1nc(-c2ccccc2)cs1. The lowest BCUT2D eigenvalue weighted by atomic mass is 10.0. The van der Waals surface area contributed by atoms with Gasteiger partial charge in [-0.2, -0.15) is 18.3 Å². The molecular formula is C23H16F3N3OS. The van der Waals surface area contributed by atoms with E-state index in [1.807, 2.05) is 35.7 Å². The highest BCUT2D eigenvalue weighted by Crippen LogP contribution is 2.32. The number of aromatic hydroxyl groups is 1. The van der Waals surface area contributed by atoms with Gasteiger partial charge in [-0.3, -0.25) is 5.43 Å². The Morgan fingerprint density at radius 3 is 2.32 bits per heavy atom. The lowest BCUT2D eigenvalue weighted by molar-refractivity contribution is -0.137. The van der Waals surface area contributed by atoms with Gasteiger partial charge in [-0.15, -0.1) is 11.3 Å². The van der Waals surface area contributed by atoms with Crippen molar-refractivity contribution in [2.45, 2.75) is 6.18 Å². The highest BCUT2D eigenvalue weighted by molar-refractivity contribution is 7.14. The van der Waals surface area contributed by atoms with E-state index < -0.39 is 11.7 Å². The van der Waals surface area contributed by atoms with Gasteiger partial charge in [-0.1, -0.05) is 48.5 Å². The molecule has 4 rings (SSSR count). The van der Waals surface area contributed by atoms with Gasteiger partial charge in [0.2, 0.25) is 5.13 Å². The van der Waals surface area contributed by atoms with Gasteiger partial charge < -0.3 is 5.11 Å². The third-order valence-electron chi connectivity index (χ3n) is 4.51. The summed E-state index contributed by atoms with van der Waals surface area (Å²) in [5, 5.41) is 16.7. The molecule has 3 aromatic carbocycles. The second kappa shape index (κ2) is 8.61. The molecule has 0 bridgehead atoms. The molecule has 0 saturated carbocycles. The van der Waals surface area contributed by atoms with E-state index >= 15 is 0 Å². The summed E-state index contributed by atoms with van der Waals surface area (Å²) in [4.78, 5) is 4.47. The van der Waals surface area contributed by atoms with Crippen LogP contribution in [-0.4, -0.2) is 16.3 Å². The van der Waals surface area contributed by atoms with Gasteiger partial charge in [-0.05, 0) is 35.4 Å². The van der Waals surface area contributed by atoms with E-state index in [1.165, 1.54) is 35.8 Å². The number of rotatable bonds is 5. The lowest BCUT2D eigenvalue weighted by Gasteiger charge is -2.09. The molecule has 0 fully saturated rings. The molecule has 4 aromatic rings. The molecule has 0 aliphatic rings. The number of hydrogen-bond acceptors (Lipinski definition) is 5. The van der Waals surface area contributed by atoms with Crippen LogP contribution in [0.25, 0.3) is 22.4 Å². The van der Waals surface area contributed by atoms with Crippen molar-refractivity contribution in [3.63, 3.8) is 0 Å². The van der Waals surface area contributed by atoms with Crippen molar-refractivity contribution >= 4 is 22.7 Å². The smallest absolute Gasteiger partial charge is 0.416 e. The first-order valence-electron chi connectivity index (χ1n) is 9.21. The summed E-state index contributed by atoms with van der Waals surface area (Å²) in [6, 6.07) is 19.4. The third kappa shape index (κ3) is 4.92. The summed E-state index contributed by atoms with van der Waals surface area (Å²) in [5.74, 6) is 0.00493. The van der Waals surface area contributed by atoms with Crippen LogP contribution in [0.5, 0.6) is 5.75 Å². The van der Waals surface area contributed by atoms with Crippen molar-refractivity contribution in [3.8, 4) is 28.1 Å². The first kappa shape index (κ1) is 20.6. The minimum atomic E-state index is -4.38. The number of aromatic nitrogens is 1. The monoisotopic (exact) mass is 439 g/mol. The Balaban J connectivity index is 1.49. The van der Waals surface area contributed by atoms with E-state index in [0.29, 0.717) is 21.8 Å². The number of benzene rings is 3. The average Bonchev–Trinajstić information content (AvgIpc) is 3.24. The van der Waals surface area contributed by atoms with Crippen LogP contribution in [0.15, 0.2) is 83.3 Å². The Morgan fingerprint density at radius 1 is 0.903 bits per heavy atom. The normalized spacial score (nSPS) is 11.7. The minimum absolute atomic E-state index is 0.00493. The topological polar surface area (TPSA) is 57.5 Å². The number of phenolic OH excluding ortho intramolecular Hbond substituents is 1. The highest BCUT2D eigenvalue weighted by Gasteiger charge is 2.29. The molecule has 0 spiro atoms. The number of phenols is 1. The third-order valence-corrected chi connectivity index (χ3v) is 5.26. The fourth-order valence-electron chi connectivity index (χ4n) is 2.91. The molecular weight excluding hydrogens is 423 g/mol. The Bertz CT molecular complexity index is 1200. The predicted octanol–water partition coefficient (Wildman–Crippen LogP) is 6.65. The standard InChI is InChI=1S/C23H16F3N3OS/c24-23(25,26)19-9-6-15(7-10-19)17-8-11-21(30)18(12-17)13-27-29-22-28-20(14-31-22)16-4-2-1-3-5-16/h1-14,30H,(H,28,29). The van der Waals surface area contributed by atoms with Crippen LogP contribution in [0.3, 0.4) is 0 Å². The van der Waals surface area contributed by atoms with Crippen LogP contribution >= 0.6 is 11.3 Å². The lowest BCUT2D eigenvalue weighted by Crippen LogP contribution is -2.04. The van der Waals surface area contributed by atoms with E-state index in [1.54, 1.807) is 12.1 Å². The van der Waals surface area contributed by atoms with Crippen LogP contribution in [0.4, 0.5) is 18.3 Å². The van der Waals surface area contributed by atoms with Crippen molar-refractivity contribution < 1.29 is 18.3 Å². The van der Waals surface area contributed by atoms with Crippen molar-refractivity contribution in [3.05, 3.63) is 89.3 Å². The number of alkyl halides is 3. The summed E-state index contributed by atoms with van der Waals surface area (Å²) in [7, 11) is 0. The van der Waals surface area contributed by atoms with Gasteiger partial charge in [0.1, 0.15) is 5.75 Å². The zero-order valence-corrected chi connectivity index (χ0v) is 16.8. The first-order chi connectivity index (χ1) is 14.9. The summed E-state index contributed by atoms with van der Waals surface area (Å²) in [5.41, 5.74) is 5.63. The van der Waals surface area contributed by atoms with Gasteiger partial charge in [0.05, 0.1) is 17.5 Å². The molecule has 0 radical (unpaired) electrons. The van der Waals surface area contributed by atoms with Gasteiger partial charge in [0.25, 0.3) is 0 Å². The Labute approximate surface area is 180 Å². The minimum Gasteiger partial charge on any atom is -0.507 e. The number of nitrogens with zero attached hydrogens (tertiary/aromatic N) is 2. The fraction of sp³-hybridized carbons (Fsp3) is 0.0435. The number of hydrazone groups is 1. The number of nitrogens with one attached hydrogen (secondary N) is 1. The van der Waals surface area contributed by atoms with E-state index in [0.717, 1.165) is 23.4 Å². The van der Waals surface area contributed by atoms with Crippen LogP contribution in [0.2, 0.25) is 0 Å². The zero-order valence-electron chi connectivity index (χ0n) is 16.0. The van der Waals surface area contributed by atoms with E-state index in [2.05, 4.69) is 15.5 Å². The quantitative estimate of drug-likeness (QED) is 0.270. The van der Waals surface area contributed by atoms with Crippen molar-refractivity contribution in [1.29, 1.82) is 0 Å². The predicted molar refractivity (Wildman–Crippen MR) is 117 cm³/mol. The molecule has 0 atom stereocenters. The van der Waals surface area contributed by atoms with Crippen LogP contribution in [0, 0.1) is 0 Å². The summed E-state index contributed by atoms with van der Waals surface area (Å²) in [6.45, 7) is 0. The fourth-order valence-corrected chi connectivity index (χ4v) is 3.58. The Kier molecular flexibility index (Phi) is 5.73. The maximum atomic E-state index is 12.8. The maximum absolute atomic E-state index is 12.8.